The number of nitrogens with two attached hydrogens (primary N) is 3. The Morgan fingerprint density at radius 1 is 1.19 bits per heavy atom. The summed E-state index contributed by atoms with van der Waals surface area (Å²) in [4.78, 5) is 24.0. The van der Waals surface area contributed by atoms with Crippen molar-refractivity contribution in [1.82, 2.24) is 20.6 Å². The van der Waals surface area contributed by atoms with Crippen molar-refractivity contribution < 1.29 is 34.3 Å². The molecule has 15 nitrogen and oxygen atoms in total. The number of amides is 1. The van der Waals surface area contributed by atoms with Crippen molar-refractivity contribution in [3.05, 3.63) is 40.7 Å². The van der Waals surface area contributed by atoms with Gasteiger partial charge in [-0.15, -0.1) is 0 Å². The lowest BCUT2D eigenvalue weighted by Gasteiger charge is -2.26. The molecule has 0 saturated carbocycles. The maximum absolute atomic E-state index is 12.3. The third-order valence-electron chi connectivity index (χ3n) is 6.33. The number of halogens is 1. The van der Waals surface area contributed by atoms with E-state index >= 15 is 0 Å². The Balaban J connectivity index is 1.27. The van der Waals surface area contributed by atoms with Gasteiger partial charge in [0.1, 0.15) is 30.7 Å². The van der Waals surface area contributed by atoms with Gasteiger partial charge in [-0.1, -0.05) is 23.7 Å². The minimum Gasteiger partial charge on any atom is -0.492 e. The smallest absolute Gasteiger partial charge is 0.280 e. The van der Waals surface area contributed by atoms with E-state index in [9.17, 15) is 20.1 Å². The maximum Gasteiger partial charge on any atom is 0.280 e. The van der Waals surface area contributed by atoms with Gasteiger partial charge >= 0.3 is 0 Å². The summed E-state index contributed by atoms with van der Waals surface area (Å²) in [7, 11) is 0. The molecule has 16 heteroatoms. The highest BCUT2D eigenvalue weighted by atomic mass is 35.5. The molecule has 11 N–H and O–H groups in total. The first-order valence-electron chi connectivity index (χ1n) is 13.5. The number of anilines is 2. The number of nitrogens with zero attached hydrogens (tertiary/aromatic N) is 3. The molecule has 1 fully saturated rings. The first-order chi connectivity index (χ1) is 20.0. The number of carbonyl (C=O) groups excluding carboxylic acids is 1. The van der Waals surface area contributed by atoms with Crippen LogP contribution in [0.5, 0.6) is 5.75 Å². The zero-order chi connectivity index (χ0) is 30.6. The van der Waals surface area contributed by atoms with Crippen molar-refractivity contribution in [1.29, 1.82) is 0 Å². The Hall–Kier alpha value is -3.31. The van der Waals surface area contributed by atoms with Crippen molar-refractivity contribution in [2.75, 3.05) is 44.3 Å². The Morgan fingerprint density at radius 2 is 1.93 bits per heavy atom. The van der Waals surface area contributed by atoms with Crippen LogP contribution in [-0.4, -0.2) is 101 Å². The molecule has 2 aromatic rings. The number of nitrogens with one attached hydrogen (secondary N) is 2. The van der Waals surface area contributed by atoms with Crippen LogP contribution >= 0.6 is 11.6 Å². The number of aromatic nitrogens is 2. The lowest BCUT2D eigenvalue weighted by molar-refractivity contribution is -0.122. The molecular weight excluding hydrogens is 572 g/mol. The van der Waals surface area contributed by atoms with Gasteiger partial charge in [0, 0.05) is 19.6 Å². The highest BCUT2D eigenvalue weighted by Gasteiger charge is 2.36. The highest BCUT2D eigenvalue weighted by Crippen LogP contribution is 2.18. The molecular formula is C26H39ClN8O7. The number of rotatable bonds is 15. The molecule has 1 aliphatic rings. The number of aliphatic imine (C=N–C) groups is 1. The van der Waals surface area contributed by atoms with Crippen LogP contribution in [0.25, 0.3) is 0 Å². The summed E-state index contributed by atoms with van der Waals surface area (Å²) in [5.41, 5.74) is 17.9. The van der Waals surface area contributed by atoms with Crippen LogP contribution in [0.1, 0.15) is 35.8 Å². The molecule has 1 aromatic heterocycles. The summed E-state index contributed by atoms with van der Waals surface area (Å²) in [5.74, 6) is -0.304. The summed E-state index contributed by atoms with van der Waals surface area (Å²) >= 11 is 5.79. The van der Waals surface area contributed by atoms with Gasteiger partial charge in [-0.2, -0.15) is 0 Å². The standard InChI is InChI=1S/C26H39ClN8O7/c1-14-41-13-18(42-14)21(38)20(37)17(36)12-31-10-11-40-16-7-5-15(6-8-16)4-2-3-9-32-26(30)35-25(39)19-23(28)34-24(29)22(27)33-19/h5-8,14,17-18,20-21,31,36-38H,2-4,9-13H2,1H3,(H4,28,29,34)(H3,30,32,35,39). The zero-order valence-corrected chi connectivity index (χ0v) is 24.0. The number of hydrogen-bond acceptors (Lipinski definition) is 13. The fourth-order valence-electron chi connectivity index (χ4n) is 4.01. The lowest BCUT2D eigenvalue weighted by Crippen LogP contribution is -2.49. The lowest BCUT2D eigenvalue weighted by atomic mass is 10.0. The number of aryl methyl sites for hydroxylation is 1. The molecule has 0 radical (unpaired) electrons. The summed E-state index contributed by atoms with van der Waals surface area (Å²) < 4.78 is 16.3. The Bertz CT molecular complexity index is 1190. The van der Waals surface area contributed by atoms with E-state index in [0.717, 1.165) is 24.8 Å². The van der Waals surface area contributed by atoms with Gasteiger partial charge in [0.2, 0.25) is 0 Å². The fourth-order valence-corrected chi connectivity index (χ4v) is 4.14. The van der Waals surface area contributed by atoms with E-state index in [1.165, 1.54) is 0 Å². The molecule has 3 rings (SSSR count). The Kier molecular flexibility index (Phi) is 12.9. The van der Waals surface area contributed by atoms with Gasteiger partial charge in [0.25, 0.3) is 5.91 Å². The predicted octanol–water partition coefficient (Wildman–Crippen LogP) is -0.826. The van der Waals surface area contributed by atoms with Crippen LogP contribution < -0.4 is 32.6 Å². The van der Waals surface area contributed by atoms with Crippen LogP contribution in [0.3, 0.4) is 0 Å². The molecule has 5 unspecified atom stereocenters. The van der Waals surface area contributed by atoms with E-state index < -0.39 is 36.6 Å². The van der Waals surface area contributed by atoms with Crippen molar-refractivity contribution in [2.45, 2.75) is 56.9 Å². The minimum atomic E-state index is -1.37. The van der Waals surface area contributed by atoms with E-state index in [-0.39, 0.29) is 41.6 Å². The molecule has 1 saturated heterocycles. The van der Waals surface area contributed by atoms with Crippen LogP contribution in [0.15, 0.2) is 29.3 Å². The van der Waals surface area contributed by atoms with E-state index in [1.54, 1.807) is 6.92 Å². The molecule has 1 amide bonds. The van der Waals surface area contributed by atoms with Gasteiger partial charge in [0.05, 0.1) is 12.7 Å². The molecule has 0 spiro atoms. The van der Waals surface area contributed by atoms with Crippen LogP contribution in [-0.2, 0) is 15.9 Å². The van der Waals surface area contributed by atoms with E-state index in [4.69, 9.17) is 43.0 Å². The molecule has 1 aliphatic heterocycles. The molecule has 0 aliphatic carbocycles. The molecule has 2 heterocycles. The molecule has 232 valence electrons. The Labute approximate surface area is 248 Å². The van der Waals surface area contributed by atoms with Crippen LogP contribution in [0.4, 0.5) is 11.6 Å². The van der Waals surface area contributed by atoms with Crippen molar-refractivity contribution >= 4 is 35.1 Å². The van der Waals surface area contributed by atoms with Crippen molar-refractivity contribution in [3.63, 3.8) is 0 Å². The summed E-state index contributed by atoms with van der Waals surface area (Å²) in [6.07, 6.45) is -2.52. The minimum absolute atomic E-state index is 0.0724. The molecule has 42 heavy (non-hydrogen) atoms. The van der Waals surface area contributed by atoms with Gasteiger partial charge in [0.15, 0.2) is 34.7 Å². The normalized spacial score (nSPS) is 19.3. The number of aliphatic hydroxyl groups excluding tert-OH is 3. The molecule has 5 atom stereocenters. The second kappa shape index (κ2) is 16.4. The number of hydrogen-bond donors (Lipinski definition) is 8. The number of nitrogen functional groups attached to an aromatic ring is 2. The Morgan fingerprint density at radius 3 is 2.62 bits per heavy atom. The number of carbonyl (C=O) groups is 1. The van der Waals surface area contributed by atoms with Gasteiger partial charge in [-0.05, 0) is 43.9 Å². The van der Waals surface area contributed by atoms with Crippen molar-refractivity contribution in [3.8, 4) is 5.75 Å². The third-order valence-corrected chi connectivity index (χ3v) is 6.61. The average molecular weight is 611 g/mol. The maximum atomic E-state index is 12.3. The molecule has 0 bridgehead atoms. The third kappa shape index (κ3) is 10.2. The van der Waals surface area contributed by atoms with Crippen molar-refractivity contribution in [2.24, 2.45) is 10.7 Å². The van der Waals surface area contributed by atoms with Gasteiger partial charge in [-0.25, -0.2) is 9.97 Å². The first-order valence-corrected chi connectivity index (χ1v) is 13.9. The number of aliphatic hydroxyl groups is 3. The zero-order valence-electron chi connectivity index (χ0n) is 23.3. The summed E-state index contributed by atoms with van der Waals surface area (Å²) in [6.45, 7) is 3.13. The summed E-state index contributed by atoms with van der Waals surface area (Å²) in [5, 5.41) is 35.7. The van der Waals surface area contributed by atoms with E-state index in [1.807, 2.05) is 24.3 Å². The first kappa shape index (κ1) is 33.2. The molecule has 1 aromatic carbocycles. The van der Waals surface area contributed by atoms with E-state index in [2.05, 4.69) is 25.6 Å². The SMILES string of the molecule is CC1OCC(C(O)C(O)C(O)CNCCOc2ccc(CCCCN=C(N)NC(=O)c3nc(Cl)c(N)nc3N)cc2)O1. The topological polar surface area (TPSA) is 246 Å². The predicted molar refractivity (Wildman–Crippen MR) is 156 cm³/mol. The largest absolute Gasteiger partial charge is 0.492 e. The number of guanidine groups is 1. The monoisotopic (exact) mass is 610 g/mol. The average Bonchev–Trinajstić information content (AvgIpc) is 3.40. The number of benzene rings is 1. The van der Waals surface area contributed by atoms with E-state index in [0.29, 0.717) is 25.4 Å². The van der Waals surface area contributed by atoms with Crippen LogP contribution in [0, 0.1) is 0 Å². The fraction of sp³-hybridized carbons (Fsp3) is 0.538. The van der Waals surface area contributed by atoms with Gasteiger partial charge in [-0.3, -0.25) is 15.1 Å². The second-order valence-electron chi connectivity index (χ2n) is 9.63. The number of ether oxygens (including phenoxy) is 3. The van der Waals surface area contributed by atoms with Gasteiger partial charge < -0.3 is 52.0 Å². The highest BCUT2D eigenvalue weighted by molar-refractivity contribution is 6.31. The van der Waals surface area contributed by atoms with Crippen LogP contribution in [0.2, 0.25) is 5.15 Å². The quantitative estimate of drug-likeness (QED) is 0.0698. The number of unbranched alkanes of at least 4 members (excludes halogenated alkanes) is 1. The summed E-state index contributed by atoms with van der Waals surface area (Å²) in [6, 6.07) is 7.69. The second-order valence-corrected chi connectivity index (χ2v) is 9.99.